The second-order valence-corrected chi connectivity index (χ2v) is 7.11. The fraction of sp³-hybridized carbons (Fsp3) is 0.727. The van der Waals surface area contributed by atoms with Crippen molar-refractivity contribution < 1.29 is 14.2 Å². The second-order valence-electron chi connectivity index (χ2n) is 7.11. The Kier molecular flexibility index (Phi) is 14.7. The van der Waals surface area contributed by atoms with Crippen LogP contribution >= 0.6 is 0 Å². The molecule has 0 bridgehead atoms. The number of ether oxygens (including phenoxy) is 3. The van der Waals surface area contributed by atoms with E-state index in [0.29, 0.717) is 28.6 Å². The molecule has 150 valence electrons. The quantitative estimate of drug-likeness (QED) is 0.540. The molecule has 25 heavy (non-hydrogen) atoms. The van der Waals surface area contributed by atoms with Gasteiger partial charge in [-0.25, -0.2) is 0 Å². The summed E-state index contributed by atoms with van der Waals surface area (Å²) in [6, 6.07) is 3.96. The van der Waals surface area contributed by atoms with Gasteiger partial charge in [0, 0.05) is 0 Å². The van der Waals surface area contributed by atoms with Gasteiger partial charge in [-0.15, -0.1) is 0 Å². The molecule has 0 fully saturated rings. The molecule has 0 unspecified atom stereocenters. The highest BCUT2D eigenvalue weighted by molar-refractivity contribution is 5.54. The average molecular weight is 357 g/mol. The van der Waals surface area contributed by atoms with Crippen LogP contribution in [0, 0.1) is 11.3 Å². The van der Waals surface area contributed by atoms with Crippen LogP contribution in [0.4, 0.5) is 0 Å². The van der Waals surface area contributed by atoms with Crippen LogP contribution in [0.25, 0.3) is 0 Å². The number of hydrogen-bond donors (Lipinski definition) is 0. The van der Waals surface area contributed by atoms with E-state index in [0.717, 1.165) is 5.92 Å². The first-order valence-electron chi connectivity index (χ1n) is 8.44. The highest BCUT2D eigenvalue weighted by atomic mass is 16.5. The van der Waals surface area contributed by atoms with E-state index in [1.807, 2.05) is 12.1 Å². The van der Waals surface area contributed by atoms with Crippen molar-refractivity contribution >= 4 is 0 Å². The lowest BCUT2D eigenvalue weighted by atomic mass is 9.79. The van der Waals surface area contributed by atoms with Crippen molar-refractivity contribution in [3.8, 4) is 17.2 Å². The summed E-state index contributed by atoms with van der Waals surface area (Å²) in [7, 11) is 4.86. The van der Waals surface area contributed by atoms with Crippen molar-refractivity contribution in [2.45, 2.75) is 75.7 Å². The average Bonchev–Trinajstić information content (AvgIpc) is 2.53. The first kappa shape index (κ1) is 28.4. The second kappa shape index (κ2) is 12.9. The summed E-state index contributed by atoms with van der Waals surface area (Å²) in [5, 5.41) is 0. The molecular formula is C22H44O3. The molecule has 0 aliphatic heterocycles. The van der Waals surface area contributed by atoms with E-state index >= 15 is 0 Å². The maximum Gasteiger partial charge on any atom is 0.203 e. The fourth-order valence-corrected chi connectivity index (χ4v) is 1.84. The molecule has 1 rings (SSSR count). The molecule has 0 atom stereocenters. The number of hydrogen-bond acceptors (Lipinski definition) is 3. The number of methoxy groups -OCH3 is 3. The van der Waals surface area contributed by atoms with Gasteiger partial charge in [-0.3, -0.25) is 0 Å². The SMILES string of the molecule is C.C.CCC(C)(C)C(C)C.COc1cc(C(C)C)cc(OC)c1OC. The van der Waals surface area contributed by atoms with Crippen LogP contribution in [0.5, 0.6) is 17.2 Å². The number of benzene rings is 1. The monoisotopic (exact) mass is 356 g/mol. The van der Waals surface area contributed by atoms with Crippen molar-refractivity contribution in [3.63, 3.8) is 0 Å². The van der Waals surface area contributed by atoms with E-state index in [4.69, 9.17) is 14.2 Å². The minimum Gasteiger partial charge on any atom is -0.493 e. The Morgan fingerprint density at radius 1 is 0.840 bits per heavy atom. The van der Waals surface area contributed by atoms with Gasteiger partial charge in [0.25, 0.3) is 0 Å². The van der Waals surface area contributed by atoms with Crippen LogP contribution in [0.2, 0.25) is 0 Å². The van der Waals surface area contributed by atoms with Gasteiger partial charge in [-0.2, -0.15) is 0 Å². The maximum atomic E-state index is 5.26. The molecule has 0 aliphatic rings. The third-order valence-electron chi connectivity index (χ3n) is 4.83. The smallest absolute Gasteiger partial charge is 0.203 e. The highest BCUT2D eigenvalue weighted by Crippen LogP contribution is 2.39. The number of rotatable bonds is 6. The molecule has 3 nitrogen and oxygen atoms in total. The van der Waals surface area contributed by atoms with Gasteiger partial charge >= 0.3 is 0 Å². The van der Waals surface area contributed by atoms with Crippen molar-refractivity contribution in [2.75, 3.05) is 21.3 Å². The van der Waals surface area contributed by atoms with Crippen LogP contribution < -0.4 is 14.2 Å². The summed E-state index contributed by atoms with van der Waals surface area (Å²) in [6.45, 7) is 15.7. The summed E-state index contributed by atoms with van der Waals surface area (Å²) in [5.41, 5.74) is 1.71. The lowest BCUT2D eigenvalue weighted by Crippen LogP contribution is -2.17. The van der Waals surface area contributed by atoms with Crippen molar-refractivity contribution in [3.05, 3.63) is 17.7 Å². The molecule has 0 amide bonds. The largest absolute Gasteiger partial charge is 0.493 e. The molecule has 0 N–H and O–H groups in total. The summed E-state index contributed by atoms with van der Waals surface area (Å²) < 4.78 is 15.8. The summed E-state index contributed by atoms with van der Waals surface area (Å²) in [6.07, 6.45) is 1.28. The van der Waals surface area contributed by atoms with Gasteiger partial charge in [0.2, 0.25) is 5.75 Å². The molecule has 0 saturated heterocycles. The Bertz CT molecular complexity index is 437. The minimum atomic E-state index is 0. The molecule has 0 heterocycles. The molecule has 0 aliphatic carbocycles. The van der Waals surface area contributed by atoms with E-state index in [1.54, 1.807) is 21.3 Å². The van der Waals surface area contributed by atoms with E-state index in [2.05, 4.69) is 48.5 Å². The first-order valence-corrected chi connectivity index (χ1v) is 8.44. The lowest BCUT2D eigenvalue weighted by molar-refractivity contribution is 0.240. The molecule has 1 aromatic carbocycles. The fourth-order valence-electron chi connectivity index (χ4n) is 1.84. The third kappa shape index (κ3) is 8.51. The topological polar surface area (TPSA) is 27.7 Å². The molecule has 0 aromatic heterocycles. The predicted molar refractivity (Wildman–Crippen MR) is 113 cm³/mol. The third-order valence-corrected chi connectivity index (χ3v) is 4.83. The van der Waals surface area contributed by atoms with E-state index < -0.39 is 0 Å². The van der Waals surface area contributed by atoms with Crippen LogP contribution in [-0.2, 0) is 0 Å². The Morgan fingerprint density at radius 2 is 1.24 bits per heavy atom. The van der Waals surface area contributed by atoms with Gasteiger partial charge in [-0.1, -0.05) is 69.7 Å². The molecule has 0 saturated carbocycles. The van der Waals surface area contributed by atoms with Crippen LogP contribution in [-0.4, -0.2) is 21.3 Å². The lowest BCUT2D eigenvalue weighted by Gasteiger charge is -2.27. The van der Waals surface area contributed by atoms with E-state index in [9.17, 15) is 0 Å². The van der Waals surface area contributed by atoms with Crippen LogP contribution in [0.1, 0.15) is 81.2 Å². The van der Waals surface area contributed by atoms with Gasteiger partial charge in [0.05, 0.1) is 21.3 Å². The van der Waals surface area contributed by atoms with E-state index in [1.165, 1.54) is 12.0 Å². The highest BCUT2D eigenvalue weighted by Gasteiger charge is 2.18. The Balaban J connectivity index is -0.000000421. The first-order chi connectivity index (χ1) is 10.6. The van der Waals surface area contributed by atoms with Crippen LogP contribution in [0.3, 0.4) is 0 Å². The Hall–Kier alpha value is -1.38. The summed E-state index contributed by atoms with van der Waals surface area (Å²) >= 11 is 0. The van der Waals surface area contributed by atoms with Gasteiger partial charge < -0.3 is 14.2 Å². The summed E-state index contributed by atoms with van der Waals surface area (Å²) in [4.78, 5) is 0. The molecule has 0 radical (unpaired) electrons. The van der Waals surface area contributed by atoms with Gasteiger partial charge in [0.15, 0.2) is 11.5 Å². The van der Waals surface area contributed by atoms with Crippen molar-refractivity contribution in [1.82, 2.24) is 0 Å². The standard InChI is InChI=1S/C12H18O3.C8H18.2CH4/c1-8(2)9-6-10(13-3)12(15-5)11(7-9)14-4;1-6-8(4,5)7(2)3;;/h6-8H,1-5H3;7H,6H2,1-5H3;2*1H4. The summed E-state index contributed by atoms with van der Waals surface area (Å²) in [5.74, 6) is 3.30. The molecule has 3 heteroatoms. The molecular weight excluding hydrogens is 312 g/mol. The minimum absolute atomic E-state index is 0. The zero-order chi connectivity index (χ0) is 18.2. The van der Waals surface area contributed by atoms with Gasteiger partial charge in [-0.05, 0) is 34.9 Å². The zero-order valence-electron chi connectivity index (χ0n) is 16.7. The van der Waals surface area contributed by atoms with Crippen molar-refractivity contribution in [2.24, 2.45) is 11.3 Å². The van der Waals surface area contributed by atoms with E-state index in [-0.39, 0.29) is 14.9 Å². The Labute approximate surface area is 158 Å². The normalized spacial score (nSPS) is 10.2. The predicted octanol–water partition coefficient (Wildman–Crippen LogP) is 7.19. The van der Waals surface area contributed by atoms with Gasteiger partial charge in [0.1, 0.15) is 0 Å². The van der Waals surface area contributed by atoms with Crippen molar-refractivity contribution in [1.29, 1.82) is 0 Å². The van der Waals surface area contributed by atoms with Crippen LogP contribution in [0.15, 0.2) is 12.1 Å². The molecule has 0 spiro atoms. The zero-order valence-corrected chi connectivity index (χ0v) is 16.7. The maximum absolute atomic E-state index is 5.26. The Morgan fingerprint density at radius 3 is 1.40 bits per heavy atom. The molecule has 1 aromatic rings.